The van der Waals surface area contributed by atoms with Gasteiger partial charge in [-0.2, -0.15) is 0 Å². The molecule has 2 atom stereocenters. The van der Waals surface area contributed by atoms with E-state index in [0.717, 1.165) is 19.4 Å². The van der Waals surface area contributed by atoms with Crippen LogP contribution in [0.3, 0.4) is 0 Å². The molecule has 2 N–H and O–H groups in total. The molecule has 0 bridgehead atoms. The summed E-state index contributed by atoms with van der Waals surface area (Å²) in [6.07, 6.45) is 1.36. The Labute approximate surface area is 143 Å². The second-order valence-electron chi connectivity index (χ2n) is 7.13. The molecule has 1 aliphatic rings. The van der Waals surface area contributed by atoms with Gasteiger partial charge in [0.2, 0.25) is 5.91 Å². The molecule has 1 heterocycles. The van der Waals surface area contributed by atoms with E-state index in [0.29, 0.717) is 6.54 Å². The van der Waals surface area contributed by atoms with Crippen LogP contribution in [-0.2, 0) is 9.53 Å². The summed E-state index contributed by atoms with van der Waals surface area (Å²) < 4.78 is 5.40. The number of nitrogens with one attached hydrogen (secondary N) is 2. The van der Waals surface area contributed by atoms with Crippen molar-refractivity contribution in [1.82, 2.24) is 20.4 Å². The van der Waals surface area contributed by atoms with Crippen LogP contribution in [0.5, 0.6) is 0 Å². The van der Waals surface area contributed by atoms with Crippen molar-refractivity contribution in [3.05, 3.63) is 0 Å². The van der Waals surface area contributed by atoms with Crippen LogP contribution in [0.15, 0.2) is 0 Å². The standard InChI is InChI=1S/C16H30N4O4/c1-11(13(21)18-14(22)17-5)20-9-7-8-12(10-20)19(6)15(23)24-16(2,3)4/h11-12H,7-10H2,1-6H3,(H2,17,18,21,22)/t11-,12-/m0/s1. The fourth-order valence-electron chi connectivity index (χ4n) is 2.58. The molecule has 0 aromatic rings. The van der Waals surface area contributed by atoms with Crippen molar-refractivity contribution in [2.24, 2.45) is 0 Å². The molecule has 0 radical (unpaired) electrons. The number of likely N-dealkylation sites (N-methyl/N-ethyl adjacent to an activating group) is 1. The van der Waals surface area contributed by atoms with Gasteiger partial charge in [-0.15, -0.1) is 0 Å². The highest BCUT2D eigenvalue weighted by Crippen LogP contribution is 2.19. The molecule has 0 aliphatic carbocycles. The first-order valence-corrected chi connectivity index (χ1v) is 8.27. The summed E-state index contributed by atoms with van der Waals surface area (Å²) in [5.41, 5.74) is -0.541. The molecule has 1 rings (SSSR count). The van der Waals surface area contributed by atoms with Gasteiger partial charge in [0.1, 0.15) is 5.60 Å². The highest BCUT2D eigenvalue weighted by molar-refractivity contribution is 5.96. The van der Waals surface area contributed by atoms with Gasteiger partial charge in [-0.3, -0.25) is 15.0 Å². The molecule has 138 valence electrons. The monoisotopic (exact) mass is 342 g/mol. The summed E-state index contributed by atoms with van der Waals surface area (Å²) in [6.45, 7) is 8.57. The van der Waals surface area contributed by atoms with Gasteiger partial charge in [0.05, 0.1) is 6.04 Å². The van der Waals surface area contributed by atoms with Crippen molar-refractivity contribution < 1.29 is 19.1 Å². The highest BCUT2D eigenvalue weighted by Gasteiger charge is 2.32. The lowest BCUT2D eigenvalue weighted by molar-refractivity contribution is -0.125. The Balaban J connectivity index is 2.64. The third kappa shape index (κ3) is 5.99. The van der Waals surface area contributed by atoms with Gasteiger partial charge in [-0.25, -0.2) is 9.59 Å². The molecule has 1 aliphatic heterocycles. The zero-order valence-corrected chi connectivity index (χ0v) is 15.5. The first kappa shape index (κ1) is 20.2. The number of piperidine rings is 1. The number of hydrogen-bond donors (Lipinski definition) is 2. The number of nitrogens with zero attached hydrogens (tertiary/aromatic N) is 2. The number of carbonyl (C=O) groups excluding carboxylic acids is 3. The van der Waals surface area contributed by atoms with Crippen LogP contribution in [0.2, 0.25) is 0 Å². The summed E-state index contributed by atoms with van der Waals surface area (Å²) in [7, 11) is 3.18. The minimum absolute atomic E-state index is 0.0242. The Morgan fingerprint density at radius 3 is 2.46 bits per heavy atom. The predicted molar refractivity (Wildman–Crippen MR) is 90.7 cm³/mol. The van der Waals surface area contributed by atoms with Crippen LogP contribution in [0.25, 0.3) is 0 Å². The number of hydrogen-bond acceptors (Lipinski definition) is 5. The fraction of sp³-hybridized carbons (Fsp3) is 0.812. The first-order chi connectivity index (χ1) is 11.0. The van der Waals surface area contributed by atoms with Crippen LogP contribution in [-0.4, -0.2) is 72.7 Å². The molecular weight excluding hydrogens is 312 g/mol. The van der Waals surface area contributed by atoms with Gasteiger partial charge in [0.25, 0.3) is 0 Å². The lowest BCUT2D eigenvalue weighted by atomic mass is 10.0. The van der Waals surface area contributed by atoms with E-state index in [2.05, 4.69) is 10.6 Å². The van der Waals surface area contributed by atoms with Crippen LogP contribution in [0.4, 0.5) is 9.59 Å². The maximum absolute atomic E-state index is 12.2. The summed E-state index contributed by atoms with van der Waals surface area (Å²) >= 11 is 0. The quantitative estimate of drug-likeness (QED) is 0.803. The molecule has 8 heteroatoms. The van der Waals surface area contributed by atoms with E-state index in [9.17, 15) is 14.4 Å². The van der Waals surface area contributed by atoms with Crippen LogP contribution in [0.1, 0.15) is 40.5 Å². The van der Waals surface area contributed by atoms with Crippen molar-refractivity contribution in [3.63, 3.8) is 0 Å². The summed E-state index contributed by atoms with van der Waals surface area (Å²) in [5, 5.41) is 4.65. The van der Waals surface area contributed by atoms with E-state index in [4.69, 9.17) is 4.74 Å². The van der Waals surface area contributed by atoms with Crippen molar-refractivity contribution in [3.8, 4) is 0 Å². The second kappa shape index (κ2) is 8.32. The van der Waals surface area contributed by atoms with Gasteiger partial charge in [0.15, 0.2) is 0 Å². The Bertz CT molecular complexity index is 475. The van der Waals surface area contributed by atoms with Crippen molar-refractivity contribution in [2.75, 3.05) is 27.2 Å². The topological polar surface area (TPSA) is 91.0 Å². The molecular formula is C16H30N4O4. The van der Waals surface area contributed by atoms with Gasteiger partial charge in [-0.1, -0.05) is 0 Å². The molecule has 0 saturated carbocycles. The lowest BCUT2D eigenvalue weighted by Crippen LogP contribution is -2.56. The molecule has 24 heavy (non-hydrogen) atoms. The maximum Gasteiger partial charge on any atom is 0.410 e. The predicted octanol–water partition coefficient (Wildman–Crippen LogP) is 1.16. The Kier molecular flexibility index (Phi) is 7.01. The lowest BCUT2D eigenvalue weighted by Gasteiger charge is -2.40. The number of rotatable bonds is 3. The Morgan fingerprint density at radius 2 is 1.92 bits per heavy atom. The highest BCUT2D eigenvalue weighted by atomic mass is 16.6. The average molecular weight is 342 g/mol. The van der Waals surface area contributed by atoms with E-state index >= 15 is 0 Å². The van der Waals surface area contributed by atoms with Gasteiger partial charge < -0.3 is 15.0 Å². The Hall–Kier alpha value is -1.83. The van der Waals surface area contributed by atoms with E-state index in [1.165, 1.54) is 7.05 Å². The molecule has 0 spiro atoms. The third-order valence-electron chi connectivity index (χ3n) is 4.05. The second-order valence-corrected chi connectivity index (χ2v) is 7.13. The fourth-order valence-corrected chi connectivity index (χ4v) is 2.58. The minimum Gasteiger partial charge on any atom is -0.444 e. The number of imide groups is 1. The van der Waals surface area contributed by atoms with E-state index in [1.807, 2.05) is 25.7 Å². The number of carbonyl (C=O) groups is 3. The molecule has 8 nitrogen and oxygen atoms in total. The summed E-state index contributed by atoms with van der Waals surface area (Å²) in [6, 6.07) is -0.993. The molecule has 1 saturated heterocycles. The van der Waals surface area contributed by atoms with E-state index in [-0.39, 0.29) is 18.0 Å². The number of amides is 4. The first-order valence-electron chi connectivity index (χ1n) is 8.27. The smallest absolute Gasteiger partial charge is 0.410 e. The van der Waals surface area contributed by atoms with E-state index in [1.54, 1.807) is 18.9 Å². The zero-order valence-electron chi connectivity index (χ0n) is 15.5. The number of urea groups is 1. The molecule has 0 unspecified atom stereocenters. The normalized spacial score (nSPS) is 20.0. The van der Waals surface area contributed by atoms with Crippen LogP contribution >= 0.6 is 0 Å². The van der Waals surface area contributed by atoms with Gasteiger partial charge in [-0.05, 0) is 47.1 Å². The number of ether oxygens (including phenoxy) is 1. The SMILES string of the molecule is CNC(=O)NC(=O)[C@H](C)N1CCC[C@H](N(C)C(=O)OC(C)(C)C)C1. The molecule has 0 aromatic heterocycles. The number of likely N-dealkylation sites (tertiary alicyclic amines) is 1. The van der Waals surface area contributed by atoms with Crippen LogP contribution < -0.4 is 10.6 Å². The third-order valence-corrected chi connectivity index (χ3v) is 4.05. The van der Waals surface area contributed by atoms with Crippen molar-refractivity contribution >= 4 is 18.0 Å². The van der Waals surface area contributed by atoms with Crippen molar-refractivity contribution in [1.29, 1.82) is 0 Å². The largest absolute Gasteiger partial charge is 0.444 e. The molecule has 1 fully saturated rings. The zero-order chi connectivity index (χ0) is 18.5. The van der Waals surface area contributed by atoms with Gasteiger partial charge in [0, 0.05) is 26.7 Å². The van der Waals surface area contributed by atoms with E-state index < -0.39 is 17.7 Å². The van der Waals surface area contributed by atoms with Gasteiger partial charge >= 0.3 is 12.1 Å². The molecule has 4 amide bonds. The maximum atomic E-state index is 12.2. The van der Waals surface area contributed by atoms with Crippen molar-refractivity contribution in [2.45, 2.75) is 58.2 Å². The van der Waals surface area contributed by atoms with Crippen LogP contribution in [0, 0.1) is 0 Å². The summed E-state index contributed by atoms with van der Waals surface area (Å²) in [5.74, 6) is -0.352. The Morgan fingerprint density at radius 1 is 1.29 bits per heavy atom. The summed E-state index contributed by atoms with van der Waals surface area (Å²) in [4.78, 5) is 39.1. The molecule has 0 aromatic carbocycles. The average Bonchev–Trinajstić information content (AvgIpc) is 2.51. The minimum atomic E-state index is -0.541.